The van der Waals surface area contributed by atoms with Gasteiger partial charge in [0.1, 0.15) is 0 Å². The zero-order valence-electron chi connectivity index (χ0n) is 10.0. The summed E-state index contributed by atoms with van der Waals surface area (Å²) in [7, 11) is 0. The molecule has 1 aromatic rings. The highest BCUT2D eigenvalue weighted by Crippen LogP contribution is 2.10. The van der Waals surface area contributed by atoms with Crippen LogP contribution in [-0.2, 0) is 11.3 Å². The SMILES string of the molecule is O=C(N[C@@H]1CCOC[C@H]1O)c1ccc(CO)cc1. The minimum atomic E-state index is -0.653. The molecule has 1 aliphatic heterocycles. The topological polar surface area (TPSA) is 78.8 Å². The van der Waals surface area contributed by atoms with Crippen LogP contribution >= 0.6 is 0 Å². The summed E-state index contributed by atoms with van der Waals surface area (Å²) in [6, 6.07) is 6.47. The molecule has 5 nitrogen and oxygen atoms in total. The predicted octanol–water partition coefficient (Wildman–Crippen LogP) is 0.0585. The third-order valence-electron chi connectivity index (χ3n) is 3.04. The van der Waals surface area contributed by atoms with E-state index in [0.29, 0.717) is 18.6 Å². The lowest BCUT2D eigenvalue weighted by Gasteiger charge is -2.28. The average Bonchev–Trinajstić information content (AvgIpc) is 2.41. The van der Waals surface area contributed by atoms with Crippen LogP contribution in [0, 0.1) is 0 Å². The second-order valence-corrected chi connectivity index (χ2v) is 4.37. The highest BCUT2D eigenvalue weighted by Gasteiger charge is 2.25. The van der Waals surface area contributed by atoms with Gasteiger partial charge in [-0.2, -0.15) is 0 Å². The molecule has 1 fully saturated rings. The third kappa shape index (κ3) is 3.07. The van der Waals surface area contributed by atoms with Crippen molar-refractivity contribution in [1.29, 1.82) is 0 Å². The molecule has 0 bridgehead atoms. The summed E-state index contributed by atoms with van der Waals surface area (Å²) in [5.41, 5.74) is 1.28. The van der Waals surface area contributed by atoms with Crippen LogP contribution in [0.4, 0.5) is 0 Å². The van der Waals surface area contributed by atoms with Crippen LogP contribution in [-0.4, -0.2) is 41.5 Å². The van der Waals surface area contributed by atoms with E-state index in [1.54, 1.807) is 24.3 Å². The lowest BCUT2D eigenvalue weighted by Crippen LogP contribution is -2.48. The Balaban J connectivity index is 1.97. The molecule has 0 unspecified atom stereocenters. The number of amides is 1. The smallest absolute Gasteiger partial charge is 0.251 e. The lowest BCUT2D eigenvalue weighted by molar-refractivity contribution is -0.0260. The zero-order valence-corrected chi connectivity index (χ0v) is 10.0. The number of ether oxygens (including phenoxy) is 1. The maximum absolute atomic E-state index is 11.9. The van der Waals surface area contributed by atoms with E-state index in [1.165, 1.54) is 0 Å². The van der Waals surface area contributed by atoms with Crippen molar-refractivity contribution < 1.29 is 19.7 Å². The fraction of sp³-hybridized carbons (Fsp3) is 0.462. The molecular weight excluding hydrogens is 234 g/mol. The molecule has 98 valence electrons. The zero-order chi connectivity index (χ0) is 13.0. The summed E-state index contributed by atoms with van der Waals surface area (Å²) < 4.78 is 5.10. The molecule has 1 amide bonds. The van der Waals surface area contributed by atoms with E-state index < -0.39 is 6.10 Å². The molecule has 2 atom stereocenters. The Kier molecular flexibility index (Phi) is 4.30. The van der Waals surface area contributed by atoms with E-state index in [0.717, 1.165) is 5.56 Å². The van der Waals surface area contributed by atoms with Crippen LogP contribution in [0.2, 0.25) is 0 Å². The van der Waals surface area contributed by atoms with Crippen molar-refractivity contribution in [2.24, 2.45) is 0 Å². The van der Waals surface area contributed by atoms with Crippen molar-refractivity contribution in [2.75, 3.05) is 13.2 Å². The summed E-state index contributed by atoms with van der Waals surface area (Å²) in [6.45, 7) is 0.764. The van der Waals surface area contributed by atoms with Gasteiger partial charge in [0, 0.05) is 12.2 Å². The number of benzene rings is 1. The van der Waals surface area contributed by atoms with Gasteiger partial charge in [-0.05, 0) is 24.1 Å². The Morgan fingerprint density at radius 2 is 2.11 bits per heavy atom. The Morgan fingerprint density at radius 3 is 2.72 bits per heavy atom. The van der Waals surface area contributed by atoms with Crippen LogP contribution in [0.25, 0.3) is 0 Å². The fourth-order valence-corrected chi connectivity index (χ4v) is 1.90. The van der Waals surface area contributed by atoms with Gasteiger partial charge < -0.3 is 20.3 Å². The van der Waals surface area contributed by atoms with Crippen molar-refractivity contribution in [3.05, 3.63) is 35.4 Å². The molecular formula is C13H17NO4. The normalized spacial score (nSPS) is 23.7. The number of carbonyl (C=O) groups is 1. The minimum Gasteiger partial charge on any atom is -0.392 e. The van der Waals surface area contributed by atoms with Gasteiger partial charge >= 0.3 is 0 Å². The first-order chi connectivity index (χ1) is 8.70. The van der Waals surface area contributed by atoms with Gasteiger partial charge in [-0.25, -0.2) is 0 Å². The predicted molar refractivity (Wildman–Crippen MR) is 65.1 cm³/mol. The number of hydrogen-bond donors (Lipinski definition) is 3. The second kappa shape index (κ2) is 5.95. The van der Waals surface area contributed by atoms with Gasteiger partial charge in [0.15, 0.2) is 0 Å². The first-order valence-corrected chi connectivity index (χ1v) is 5.97. The molecule has 0 aliphatic carbocycles. The lowest BCUT2D eigenvalue weighted by atomic mass is 10.1. The summed E-state index contributed by atoms with van der Waals surface area (Å²) in [5, 5.41) is 21.4. The van der Waals surface area contributed by atoms with E-state index >= 15 is 0 Å². The molecule has 0 saturated carbocycles. The number of hydrogen-bond acceptors (Lipinski definition) is 4. The van der Waals surface area contributed by atoms with E-state index in [-0.39, 0.29) is 25.2 Å². The fourth-order valence-electron chi connectivity index (χ4n) is 1.90. The van der Waals surface area contributed by atoms with E-state index in [9.17, 15) is 9.90 Å². The summed E-state index contributed by atoms with van der Waals surface area (Å²) in [5.74, 6) is -0.217. The number of nitrogens with one attached hydrogen (secondary N) is 1. The highest BCUT2D eigenvalue weighted by molar-refractivity contribution is 5.94. The molecule has 5 heteroatoms. The average molecular weight is 251 g/mol. The van der Waals surface area contributed by atoms with Gasteiger partial charge in [0.2, 0.25) is 0 Å². The van der Waals surface area contributed by atoms with Gasteiger partial charge in [-0.3, -0.25) is 4.79 Å². The molecule has 1 aliphatic rings. The highest BCUT2D eigenvalue weighted by atomic mass is 16.5. The second-order valence-electron chi connectivity index (χ2n) is 4.37. The minimum absolute atomic E-state index is 0.0411. The van der Waals surface area contributed by atoms with Gasteiger partial charge in [0.05, 0.1) is 25.4 Å². The molecule has 1 heterocycles. The number of aliphatic hydroxyl groups is 2. The van der Waals surface area contributed by atoms with E-state index in [4.69, 9.17) is 9.84 Å². The molecule has 1 saturated heterocycles. The number of rotatable bonds is 3. The Labute approximate surface area is 105 Å². The molecule has 18 heavy (non-hydrogen) atoms. The summed E-state index contributed by atoms with van der Waals surface area (Å²) >= 11 is 0. The monoisotopic (exact) mass is 251 g/mol. The Morgan fingerprint density at radius 1 is 1.39 bits per heavy atom. The van der Waals surface area contributed by atoms with Crippen molar-refractivity contribution in [3.63, 3.8) is 0 Å². The van der Waals surface area contributed by atoms with Crippen LogP contribution in [0.1, 0.15) is 22.3 Å². The van der Waals surface area contributed by atoms with Gasteiger partial charge in [-0.1, -0.05) is 12.1 Å². The van der Waals surface area contributed by atoms with E-state index in [2.05, 4.69) is 5.32 Å². The van der Waals surface area contributed by atoms with Crippen molar-refractivity contribution in [1.82, 2.24) is 5.32 Å². The molecule has 2 rings (SSSR count). The molecule has 0 aromatic heterocycles. The van der Waals surface area contributed by atoms with Crippen molar-refractivity contribution >= 4 is 5.91 Å². The van der Waals surface area contributed by atoms with E-state index in [1.807, 2.05) is 0 Å². The van der Waals surface area contributed by atoms with Gasteiger partial charge in [0.25, 0.3) is 5.91 Å². The van der Waals surface area contributed by atoms with Crippen LogP contribution in [0.5, 0.6) is 0 Å². The molecule has 0 radical (unpaired) electrons. The Hall–Kier alpha value is -1.43. The van der Waals surface area contributed by atoms with Crippen molar-refractivity contribution in [3.8, 4) is 0 Å². The largest absolute Gasteiger partial charge is 0.392 e. The van der Waals surface area contributed by atoms with Crippen LogP contribution in [0.15, 0.2) is 24.3 Å². The summed E-state index contributed by atoms with van der Waals surface area (Å²) in [6.07, 6.45) is -0.0406. The van der Waals surface area contributed by atoms with Crippen molar-refractivity contribution in [2.45, 2.75) is 25.2 Å². The molecule has 3 N–H and O–H groups in total. The Bertz CT molecular complexity index is 404. The maximum atomic E-state index is 11.9. The number of carbonyl (C=O) groups excluding carboxylic acids is 1. The van der Waals surface area contributed by atoms with Crippen LogP contribution in [0.3, 0.4) is 0 Å². The standard InChI is InChI=1S/C13H17NO4/c15-7-9-1-3-10(4-2-9)13(17)14-11-5-6-18-8-12(11)16/h1-4,11-12,15-16H,5-8H2,(H,14,17)/t11-,12-/m1/s1. The molecule has 1 aromatic carbocycles. The number of aliphatic hydroxyl groups excluding tert-OH is 2. The maximum Gasteiger partial charge on any atom is 0.251 e. The quantitative estimate of drug-likeness (QED) is 0.709. The molecule has 0 spiro atoms. The summed E-state index contributed by atoms with van der Waals surface area (Å²) in [4.78, 5) is 11.9. The van der Waals surface area contributed by atoms with Crippen LogP contribution < -0.4 is 5.32 Å². The van der Waals surface area contributed by atoms with Gasteiger partial charge in [-0.15, -0.1) is 0 Å². The first kappa shape index (κ1) is 13.0. The first-order valence-electron chi connectivity index (χ1n) is 5.97. The third-order valence-corrected chi connectivity index (χ3v) is 3.04.